The third-order valence-corrected chi connectivity index (χ3v) is 6.11. The van der Waals surface area contributed by atoms with E-state index < -0.39 is 0 Å². The highest BCUT2D eigenvalue weighted by Crippen LogP contribution is 2.15. The zero-order valence-electron chi connectivity index (χ0n) is 19.6. The molecule has 0 bridgehead atoms. The molecular formula is C24H39N5O2. The Morgan fingerprint density at radius 1 is 1.00 bits per heavy atom. The number of rotatable bonds is 7. The number of carbonyl (C=O) groups is 1. The number of nitrogens with one attached hydrogen (secondary N) is 1. The molecule has 0 radical (unpaired) electrons. The zero-order chi connectivity index (χ0) is 22.2. The molecule has 1 unspecified atom stereocenters. The Morgan fingerprint density at radius 2 is 1.65 bits per heavy atom. The van der Waals surface area contributed by atoms with Gasteiger partial charge in [-0.05, 0) is 43.4 Å². The van der Waals surface area contributed by atoms with Gasteiger partial charge in [-0.15, -0.1) is 0 Å². The lowest BCUT2D eigenvalue weighted by atomic mass is 10.2. The van der Waals surface area contributed by atoms with Gasteiger partial charge in [-0.1, -0.05) is 26.0 Å². The van der Waals surface area contributed by atoms with Gasteiger partial charge >= 0.3 is 0 Å². The number of carbonyl (C=O) groups excluding carboxylic acids is 1. The monoisotopic (exact) mass is 429 g/mol. The average Bonchev–Trinajstić information content (AvgIpc) is 3.33. The van der Waals surface area contributed by atoms with Gasteiger partial charge in [-0.3, -0.25) is 14.7 Å². The minimum absolute atomic E-state index is 0.0355. The van der Waals surface area contributed by atoms with E-state index in [-0.39, 0.29) is 11.9 Å². The van der Waals surface area contributed by atoms with Crippen molar-refractivity contribution in [3.8, 4) is 5.75 Å². The molecule has 2 heterocycles. The van der Waals surface area contributed by atoms with Crippen molar-refractivity contribution in [2.45, 2.75) is 46.2 Å². The number of piperazine rings is 1. The summed E-state index contributed by atoms with van der Waals surface area (Å²) < 4.78 is 5.76. The zero-order valence-corrected chi connectivity index (χ0v) is 19.6. The molecule has 7 heteroatoms. The molecule has 1 aromatic rings. The van der Waals surface area contributed by atoms with Gasteiger partial charge in [-0.25, -0.2) is 0 Å². The minimum atomic E-state index is -0.0355. The molecule has 0 saturated carbocycles. The molecule has 1 N–H and O–H groups in total. The Kier molecular flexibility index (Phi) is 8.58. The van der Waals surface area contributed by atoms with Crippen molar-refractivity contribution in [2.24, 2.45) is 10.9 Å². The van der Waals surface area contributed by atoms with Crippen molar-refractivity contribution in [1.82, 2.24) is 20.0 Å². The third kappa shape index (κ3) is 6.60. The third-order valence-electron chi connectivity index (χ3n) is 6.11. The number of ether oxygens (including phenoxy) is 1. The number of guanidine groups is 1. The molecule has 0 spiro atoms. The quantitative estimate of drug-likeness (QED) is 0.533. The second kappa shape index (κ2) is 11.4. The number of nitrogens with zero attached hydrogens (tertiary/aromatic N) is 4. The van der Waals surface area contributed by atoms with Crippen LogP contribution in [0.1, 0.15) is 39.2 Å². The van der Waals surface area contributed by atoms with Crippen molar-refractivity contribution < 1.29 is 9.53 Å². The Hall–Kier alpha value is -2.28. The molecule has 1 aromatic carbocycles. The number of hydrogen-bond acceptors (Lipinski definition) is 4. The van der Waals surface area contributed by atoms with Gasteiger partial charge < -0.3 is 19.9 Å². The van der Waals surface area contributed by atoms with Crippen LogP contribution in [0, 0.1) is 5.92 Å². The summed E-state index contributed by atoms with van der Waals surface area (Å²) in [7, 11) is 1.83. The average molecular weight is 430 g/mol. The molecule has 1 amide bonds. The molecular weight excluding hydrogens is 390 g/mol. The second-order valence-electron chi connectivity index (χ2n) is 8.98. The van der Waals surface area contributed by atoms with Crippen LogP contribution in [0.2, 0.25) is 0 Å². The van der Waals surface area contributed by atoms with Crippen molar-refractivity contribution in [3.63, 3.8) is 0 Å². The number of likely N-dealkylation sites (tertiary alicyclic amines) is 1. The van der Waals surface area contributed by atoms with Crippen LogP contribution in [0.25, 0.3) is 0 Å². The summed E-state index contributed by atoms with van der Waals surface area (Å²) >= 11 is 0. The highest BCUT2D eigenvalue weighted by Gasteiger charge is 2.30. The summed E-state index contributed by atoms with van der Waals surface area (Å²) in [4.78, 5) is 23.8. The maximum atomic E-state index is 12.7. The van der Waals surface area contributed by atoms with E-state index in [0.29, 0.717) is 5.92 Å². The first kappa shape index (κ1) is 23.4. The number of amides is 1. The molecule has 172 valence electrons. The fourth-order valence-electron chi connectivity index (χ4n) is 4.16. The lowest BCUT2D eigenvalue weighted by molar-refractivity contribution is -0.135. The van der Waals surface area contributed by atoms with Gasteiger partial charge in [0.1, 0.15) is 5.75 Å². The van der Waals surface area contributed by atoms with Crippen LogP contribution in [0.5, 0.6) is 5.75 Å². The maximum absolute atomic E-state index is 12.7. The summed E-state index contributed by atoms with van der Waals surface area (Å²) in [6, 6.07) is 8.21. The van der Waals surface area contributed by atoms with Crippen LogP contribution in [0.15, 0.2) is 29.3 Å². The van der Waals surface area contributed by atoms with Crippen LogP contribution in [-0.4, -0.2) is 85.5 Å². The van der Waals surface area contributed by atoms with Crippen molar-refractivity contribution in [2.75, 3.05) is 52.9 Å². The summed E-state index contributed by atoms with van der Waals surface area (Å²) in [5.41, 5.74) is 1.20. The van der Waals surface area contributed by atoms with Gasteiger partial charge in [-0.2, -0.15) is 0 Å². The highest BCUT2D eigenvalue weighted by molar-refractivity contribution is 5.82. The summed E-state index contributed by atoms with van der Waals surface area (Å²) in [6.07, 6.45) is 2.28. The first-order chi connectivity index (χ1) is 15.0. The van der Waals surface area contributed by atoms with E-state index in [1.54, 1.807) is 0 Å². The van der Waals surface area contributed by atoms with Crippen LogP contribution in [0.3, 0.4) is 0 Å². The molecule has 2 aliphatic heterocycles. The van der Waals surface area contributed by atoms with E-state index in [2.05, 4.69) is 53.0 Å². The number of aliphatic imine (C=N–C) groups is 1. The molecule has 3 rings (SSSR count). The van der Waals surface area contributed by atoms with E-state index in [9.17, 15) is 4.79 Å². The fourth-order valence-corrected chi connectivity index (χ4v) is 4.16. The van der Waals surface area contributed by atoms with Crippen molar-refractivity contribution in [3.05, 3.63) is 29.8 Å². The molecule has 2 aliphatic rings. The molecule has 2 saturated heterocycles. The predicted molar refractivity (Wildman–Crippen MR) is 125 cm³/mol. The highest BCUT2D eigenvalue weighted by atomic mass is 16.5. The molecule has 0 aliphatic carbocycles. The van der Waals surface area contributed by atoms with Crippen LogP contribution >= 0.6 is 0 Å². The molecule has 31 heavy (non-hydrogen) atoms. The van der Waals surface area contributed by atoms with Crippen LogP contribution in [-0.2, 0) is 11.3 Å². The van der Waals surface area contributed by atoms with Crippen molar-refractivity contribution >= 4 is 11.9 Å². The number of hydrogen-bond donors (Lipinski definition) is 1. The molecule has 2 fully saturated rings. The first-order valence-electron chi connectivity index (χ1n) is 11.7. The van der Waals surface area contributed by atoms with Crippen LogP contribution in [0.4, 0.5) is 0 Å². The van der Waals surface area contributed by atoms with Gasteiger partial charge in [0.25, 0.3) is 0 Å². The van der Waals surface area contributed by atoms with E-state index in [0.717, 1.165) is 77.0 Å². The van der Waals surface area contributed by atoms with Crippen molar-refractivity contribution in [1.29, 1.82) is 0 Å². The Morgan fingerprint density at radius 3 is 2.23 bits per heavy atom. The first-order valence-corrected chi connectivity index (χ1v) is 11.7. The van der Waals surface area contributed by atoms with E-state index >= 15 is 0 Å². The lowest BCUT2D eigenvalue weighted by Crippen LogP contribution is -2.57. The standard InChI is InChI=1S/C24H39N5O2/c1-19(2)18-31-22-9-7-21(8-10-22)17-26-24(25-4)29-15-13-27(14-16-29)20(3)23(30)28-11-5-6-12-28/h7-10,19-20H,5-6,11-18H2,1-4H3,(H,25,26). The van der Waals surface area contributed by atoms with Gasteiger partial charge in [0.05, 0.1) is 12.6 Å². The van der Waals surface area contributed by atoms with Gasteiger partial charge in [0, 0.05) is 52.9 Å². The van der Waals surface area contributed by atoms with E-state index in [1.807, 2.05) is 24.1 Å². The summed E-state index contributed by atoms with van der Waals surface area (Å²) in [6.45, 7) is 13.2. The number of benzene rings is 1. The van der Waals surface area contributed by atoms with Gasteiger partial charge in [0.15, 0.2) is 5.96 Å². The Bertz CT molecular complexity index is 720. The Balaban J connectivity index is 1.44. The molecule has 0 aromatic heterocycles. The second-order valence-corrected chi connectivity index (χ2v) is 8.98. The maximum Gasteiger partial charge on any atom is 0.239 e. The van der Waals surface area contributed by atoms with Crippen LogP contribution < -0.4 is 10.1 Å². The molecule has 1 atom stereocenters. The largest absolute Gasteiger partial charge is 0.493 e. The van der Waals surface area contributed by atoms with E-state index in [1.165, 1.54) is 5.56 Å². The normalized spacial score (nSPS) is 19.1. The fraction of sp³-hybridized carbons (Fsp3) is 0.667. The molecule has 7 nitrogen and oxygen atoms in total. The summed E-state index contributed by atoms with van der Waals surface area (Å²) in [5, 5.41) is 3.48. The SMILES string of the molecule is CN=C(NCc1ccc(OCC(C)C)cc1)N1CCN(C(C)C(=O)N2CCCC2)CC1. The predicted octanol–water partition coefficient (Wildman–Crippen LogP) is 2.43. The lowest BCUT2D eigenvalue weighted by Gasteiger charge is -2.39. The van der Waals surface area contributed by atoms with E-state index in [4.69, 9.17) is 4.74 Å². The summed E-state index contributed by atoms with van der Waals surface area (Å²) in [5.74, 6) is 2.63. The topological polar surface area (TPSA) is 60.4 Å². The Labute approximate surface area is 187 Å². The van der Waals surface area contributed by atoms with Gasteiger partial charge in [0.2, 0.25) is 5.91 Å². The minimum Gasteiger partial charge on any atom is -0.493 e. The smallest absolute Gasteiger partial charge is 0.239 e.